The van der Waals surface area contributed by atoms with E-state index in [1.165, 1.54) is 0 Å². The van der Waals surface area contributed by atoms with Crippen LogP contribution in [0.25, 0.3) is 16.5 Å². The van der Waals surface area contributed by atoms with Crippen LogP contribution in [-0.2, 0) is 4.74 Å². The van der Waals surface area contributed by atoms with Crippen LogP contribution in [0.5, 0.6) is 0 Å². The number of anilines is 1. The maximum atomic E-state index is 12.9. The second-order valence-corrected chi connectivity index (χ2v) is 7.89. The number of piperazine rings is 1. The molecule has 29 heavy (non-hydrogen) atoms. The second-order valence-electron chi connectivity index (χ2n) is 7.89. The molecule has 2 atom stereocenters. The van der Waals surface area contributed by atoms with Gasteiger partial charge in [0.1, 0.15) is 11.3 Å². The summed E-state index contributed by atoms with van der Waals surface area (Å²) >= 11 is 0. The Morgan fingerprint density at radius 1 is 1.21 bits per heavy atom. The number of rotatable bonds is 3. The number of allylic oxidation sites excluding steroid dienone is 6. The van der Waals surface area contributed by atoms with Crippen molar-refractivity contribution in [1.82, 2.24) is 5.32 Å². The number of hydrogen-bond acceptors (Lipinski definition) is 5. The molecule has 5 heteroatoms. The fraction of sp³-hybridized carbons (Fsp3) is 0.375. The molecule has 0 bridgehead atoms. The summed E-state index contributed by atoms with van der Waals surface area (Å²) in [7, 11) is 1.69. The van der Waals surface area contributed by atoms with E-state index in [-0.39, 0.29) is 5.43 Å². The summed E-state index contributed by atoms with van der Waals surface area (Å²) in [5.74, 6) is 1.82. The summed E-state index contributed by atoms with van der Waals surface area (Å²) in [6.45, 7) is 7.12. The molecule has 152 valence electrons. The smallest absolute Gasteiger partial charge is 0.193 e. The first-order valence-electron chi connectivity index (χ1n) is 10.2. The van der Waals surface area contributed by atoms with Gasteiger partial charge in [0.25, 0.3) is 0 Å². The molecule has 1 aromatic heterocycles. The Hall–Kier alpha value is -2.79. The van der Waals surface area contributed by atoms with E-state index in [1.54, 1.807) is 13.2 Å². The lowest BCUT2D eigenvalue weighted by molar-refractivity contribution is 0.248. The average molecular weight is 392 g/mol. The van der Waals surface area contributed by atoms with Crippen LogP contribution >= 0.6 is 0 Å². The van der Waals surface area contributed by atoms with E-state index in [2.05, 4.69) is 30.1 Å². The molecule has 2 heterocycles. The highest BCUT2D eigenvalue weighted by molar-refractivity contribution is 5.83. The van der Waals surface area contributed by atoms with Gasteiger partial charge >= 0.3 is 0 Å². The Bertz CT molecular complexity index is 1050. The summed E-state index contributed by atoms with van der Waals surface area (Å²) in [5.41, 5.74) is 2.52. The maximum Gasteiger partial charge on any atom is 0.193 e. The zero-order chi connectivity index (χ0) is 20.4. The fourth-order valence-corrected chi connectivity index (χ4v) is 3.99. The van der Waals surface area contributed by atoms with Gasteiger partial charge in [0.15, 0.2) is 5.43 Å². The number of nitrogens with zero attached hydrogens (tertiary/aromatic N) is 1. The van der Waals surface area contributed by atoms with Crippen LogP contribution in [0.1, 0.15) is 26.0 Å². The summed E-state index contributed by atoms with van der Waals surface area (Å²) in [6, 6.07) is 7.93. The Kier molecular flexibility index (Phi) is 5.58. The quantitative estimate of drug-likeness (QED) is 0.852. The van der Waals surface area contributed by atoms with Gasteiger partial charge in [0.05, 0.1) is 18.3 Å². The molecule has 1 aromatic carbocycles. The third-order valence-corrected chi connectivity index (χ3v) is 5.66. The van der Waals surface area contributed by atoms with Gasteiger partial charge in [-0.15, -0.1) is 0 Å². The van der Waals surface area contributed by atoms with Crippen LogP contribution in [0.3, 0.4) is 0 Å². The highest BCUT2D eigenvalue weighted by Gasteiger charge is 2.17. The number of ether oxygens (including phenoxy) is 1. The van der Waals surface area contributed by atoms with Crippen LogP contribution in [0.2, 0.25) is 0 Å². The zero-order valence-electron chi connectivity index (χ0n) is 17.3. The molecule has 0 saturated carbocycles. The lowest BCUT2D eigenvalue weighted by atomic mass is 10.00. The Morgan fingerprint density at radius 3 is 2.86 bits per heavy atom. The lowest BCUT2D eigenvalue weighted by Crippen LogP contribution is -2.49. The molecule has 5 nitrogen and oxygen atoms in total. The van der Waals surface area contributed by atoms with Crippen molar-refractivity contribution in [2.75, 3.05) is 31.6 Å². The van der Waals surface area contributed by atoms with Crippen molar-refractivity contribution in [1.29, 1.82) is 0 Å². The molecule has 1 aliphatic heterocycles. The van der Waals surface area contributed by atoms with Gasteiger partial charge < -0.3 is 19.4 Å². The van der Waals surface area contributed by atoms with E-state index >= 15 is 0 Å². The monoisotopic (exact) mass is 392 g/mol. The summed E-state index contributed by atoms with van der Waals surface area (Å²) < 4.78 is 11.6. The molecular weight excluding hydrogens is 364 g/mol. The van der Waals surface area contributed by atoms with Crippen molar-refractivity contribution >= 4 is 22.2 Å². The standard InChI is InChI=1S/C24H28N2O3/c1-16-5-4-6-18(7-9-22(16)28-3)24-14-21(27)20-13-19(8-10-23(20)29-24)26-12-11-25-17(2)15-26/h4,6-10,13-14,16-17,25H,5,11-12,15H2,1-3H3. The minimum absolute atomic E-state index is 0.0213. The third-order valence-electron chi connectivity index (χ3n) is 5.66. The van der Waals surface area contributed by atoms with Gasteiger partial charge in [0.2, 0.25) is 0 Å². The van der Waals surface area contributed by atoms with Crippen LogP contribution in [0.15, 0.2) is 63.5 Å². The van der Waals surface area contributed by atoms with Gasteiger partial charge in [-0.2, -0.15) is 0 Å². The van der Waals surface area contributed by atoms with E-state index < -0.39 is 0 Å². The molecule has 1 fully saturated rings. The molecule has 2 aliphatic rings. The van der Waals surface area contributed by atoms with E-state index in [9.17, 15) is 4.79 Å². The molecule has 0 amide bonds. The van der Waals surface area contributed by atoms with Crippen molar-refractivity contribution < 1.29 is 9.15 Å². The van der Waals surface area contributed by atoms with Crippen LogP contribution in [-0.4, -0.2) is 32.8 Å². The van der Waals surface area contributed by atoms with Gasteiger partial charge in [0, 0.05) is 48.9 Å². The first-order valence-corrected chi connectivity index (χ1v) is 10.2. The SMILES string of the molecule is COC1=CC=C(c2cc(=O)c3cc(N4CCNC(C)C4)ccc3o2)C=CCC1C. The Morgan fingerprint density at radius 2 is 2.07 bits per heavy atom. The van der Waals surface area contributed by atoms with E-state index in [0.29, 0.717) is 28.7 Å². The molecule has 2 unspecified atom stereocenters. The van der Waals surface area contributed by atoms with Gasteiger partial charge in [-0.3, -0.25) is 4.79 Å². The van der Waals surface area contributed by atoms with Gasteiger partial charge in [-0.05, 0) is 43.7 Å². The second kappa shape index (κ2) is 8.29. The molecule has 0 radical (unpaired) electrons. The van der Waals surface area contributed by atoms with Crippen molar-refractivity contribution in [3.8, 4) is 0 Å². The predicted octanol–water partition coefficient (Wildman–Crippen LogP) is 4.10. The first-order chi connectivity index (χ1) is 14.0. The largest absolute Gasteiger partial charge is 0.501 e. The molecular formula is C24H28N2O3. The van der Waals surface area contributed by atoms with Crippen LogP contribution in [0.4, 0.5) is 5.69 Å². The number of benzene rings is 1. The number of hydrogen-bond donors (Lipinski definition) is 1. The lowest BCUT2D eigenvalue weighted by Gasteiger charge is -2.33. The number of nitrogens with one attached hydrogen (secondary N) is 1. The van der Waals surface area contributed by atoms with Crippen LogP contribution < -0.4 is 15.6 Å². The minimum Gasteiger partial charge on any atom is -0.501 e. The number of methoxy groups -OCH3 is 1. The normalized spacial score (nSPS) is 22.7. The molecule has 4 rings (SSSR count). The molecule has 1 N–H and O–H groups in total. The van der Waals surface area contributed by atoms with Crippen molar-refractivity contribution in [2.45, 2.75) is 26.3 Å². The van der Waals surface area contributed by atoms with Crippen molar-refractivity contribution in [2.24, 2.45) is 5.92 Å². The topological polar surface area (TPSA) is 54.7 Å². The third kappa shape index (κ3) is 4.15. The summed E-state index contributed by atoms with van der Waals surface area (Å²) in [4.78, 5) is 15.2. The van der Waals surface area contributed by atoms with E-state index in [1.807, 2.05) is 36.4 Å². The summed E-state index contributed by atoms with van der Waals surface area (Å²) in [5, 5.41) is 4.07. The average Bonchev–Trinajstić information content (AvgIpc) is 2.71. The molecule has 1 aliphatic carbocycles. The molecule has 1 saturated heterocycles. The highest BCUT2D eigenvalue weighted by Crippen LogP contribution is 2.27. The highest BCUT2D eigenvalue weighted by atomic mass is 16.5. The Labute approximate surface area is 171 Å². The predicted molar refractivity (Wildman–Crippen MR) is 118 cm³/mol. The zero-order valence-corrected chi connectivity index (χ0v) is 17.3. The van der Waals surface area contributed by atoms with Crippen molar-refractivity contribution in [3.05, 3.63) is 70.3 Å². The minimum atomic E-state index is -0.0213. The molecule has 0 spiro atoms. The van der Waals surface area contributed by atoms with E-state index in [0.717, 1.165) is 43.1 Å². The van der Waals surface area contributed by atoms with Crippen LogP contribution in [0, 0.1) is 5.92 Å². The van der Waals surface area contributed by atoms with Gasteiger partial charge in [-0.25, -0.2) is 0 Å². The van der Waals surface area contributed by atoms with E-state index in [4.69, 9.17) is 9.15 Å². The Balaban J connectivity index is 1.71. The number of fused-ring (bicyclic) bond motifs is 1. The van der Waals surface area contributed by atoms with Crippen molar-refractivity contribution in [3.63, 3.8) is 0 Å². The summed E-state index contributed by atoms with van der Waals surface area (Å²) in [6.07, 6.45) is 8.90. The fourth-order valence-electron chi connectivity index (χ4n) is 3.99. The van der Waals surface area contributed by atoms with Gasteiger partial charge in [-0.1, -0.05) is 19.1 Å². The first kappa shape index (κ1) is 19.5. The maximum absolute atomic E-state index is 12.9. The molecule has 2 aromatic rings.